The van der Waals surface area contributed by atoms with Gasteiger partial charge in [0, 0.05) is 0 Å². The Bertz CT molecular complexity index is 790. The molecule has 1 N–H and O–H groups in total. The first kappa shape index (κ1) is 19.5. The molecule has 2 rings (SSSR count). The van der Waals surface area contributed by atoms with Gasteiger partial charge >= 0.3 is 12.0 Å². The lowest BCUT2D eigenvalue weighted by atomic mass is 10.1. The molecule has 0 spiro atoms. The number of nitrogens with one attached hydrogen (secondary N) is 1. The van der Waals surface area contributed by atoms with Gasteiger partial charge in [-0.2, -0.15) is 0 Å². The largest absolute Gasteiger partial charge is 0.493 e. The van der Waals surface area contributed by atoms with E-state index in [4.69, 9.17) is 9.47 Å². The van der Waals surface area contributed by atoms with Crippen LogP contribution in [0, 0.1) is 0 Å². The SMILES string of the molecule is C=CCOc1c(Br)cc(C=C2NC(=O)N(CC(=O)OC)C2=O)cc1OC. The molecule has 1 aliphatic heterocycles. The van der Waals surface area contributed by atoms with Crippen molar-refractivity contribution in [3.8, 4) is 11.5 Å². The van der Waals surface area contributed by atoms with E-state index in [1.54, 1.807) is 18.2 Å². The van der Waals surface area contributed by atoms with Gasteiger partial charge in [0.1, 0.15) is 18.8 Å². The molecule has 1 fully saturated rings. The number of halogens is 1. The Morgan fingerprint density at radius 2 is 2.08 bits per heavy atom. The van der Waals surface area contributed by atoms with Crippen LogP contribution in [0.3, 0.4) is 0 Å². The number of amides is 3. The number of esters is 1. The maximum absolute atomic E-state index is 12.3. The quantitative estimate of drug-likeness (QED) is 0.311. The van der Waals surface area contributed by atoms with Crippen LogP contribution in [0.25, 0.3) is 6.08 Å². The molecule has 1 aromatic carbocycles. The summed E-state index contributed by atoms with van der Waals surface area (Å²) in [6.45, 7) is 3.43. The molecule has 3 amide bonds. The second-order valence-electron chi connectivity index (χ2n) is 5.09. The number of benzene rings is 1. The number of hydrogen-bond donors (Lipinski definition) is 1. The van der Waals surface area contributed by atoms with Crippen molar-refractivity contribution in [1.82, 2.24) is 10.2 Å². The van der Waals surface area contributed by atoms with Crippen molar-refractivity contribution in [3.63, 3.8) is 0 Å². The molecule has 0 bridgehead atoms. The van der Waals surface area contributed by atoms with Gasteiger partial charge in [-0.05, 0) is 39.7 Å². The molecule has 0 aliphatic carbocycles. The number of nitrogens with zero attached hydrogens (tertiary/aromatic N) is 1. The van der Waals surface area contributed by atoms with Crippen LogP contribution in [0.1, 0.15) is 5.56 Å². The summed E-state index contributed by atoms with van der Waals surface area (Å²) in [7, 11) is 2.66. The van der Waals surface area contributed by atoms with Gasteiger partial charge in [0.05, 0.1) is 18.7 Å². The Morgan fingerprint density at radius 1 is 1.35 bits per heavy atom. The minimum atomic E-state index is -0.692. The minimum absolute atomic E-state index is 0.0348. The molecule has 8 nitrogen and oxygen atoms in total. The maximum Gasteiger partial charge on any atom is 0.329 e. The summed E-state index contributed by atoms with van der Waals surface area (Å²) in [6, 6.07) is 2.66. The summed E-state index contributed by atoms with van der Waals surface area (Å²) in [5, 5.41) is 2.43. The first-order chi connectivity index (χ1) is 12.4. The first-order valence-corrected chi connectivity index (χ1v) is 8.23. The second-order valence-corrected chi connectivity index (χ2v) is 5.94. The summed E-state index contributed by atoms with van der Waals surface area (Å²) >= 11 is 3.39. The van der Waals surface area contributed by atoms with Crippen molar-refractivity contribution in [2.45, 2.75) is 0 Å². The van der Waals surface area contributed by atoms with E-state index >= 15 is 0 Å². The van der Waals surface area contributed by atoms with E-state index in [2.05, 4.69) is 32.6 Å². The predicted molar refractivity (Wildman–Crippen MR) is 96.6 cm³/mol. The monoisotopic (exact) mass is 424 g/mol. The minimum Gasteiger partial charge on any atom is -0.493 e. The number of urea groups is 1. The van der Waals surface area contributed by atoms with Crippen LogP contribution in [0.4, 0.5) is 4.79 Å². The Hall–Kier alpha value is -2.81. The fraction of sp³-hybridized carbons (Fsp3) is 0.235. The van der Waals surface area contributed by atoms with E-state index in [1.807, 2.05) is 0 Å². The summed E-state index contributed by atoms with van der Waals surface area (Å²) in [6.07, 6.45) is 3.08. The van der Waals surface area contributed by atoms with E-state index in [0.29, 0.717) is 28.1 Å². The highest BCUT2D eigenvalue weighted by Crippen LogP contribution is 2.37. The molecule has 26 heavy (non-hydrogen) atoms. The average Bonchev–Trinajstić information content (AvgIpc) is 2.87. The van der Waals surface area contributed by atoms with E-state index in [0.717, 1.165) is 4.90 Å². The summed E-state index contributed by atoms with van der Waals surface area (Å²) < 4.78 is 15.9. The van der Waals surface area contributed by atoms with Crippen LogP contribution in [0.2, 0.25) is 0 Å². The number of rotatable bonds is 7. The topological polar surface area (TPSA) is 94.2 Å². The van der Waals surface area contributed by atoms with Crippen LogP contribution in [-0.4, -0.2) is 50.2 Å². The van der Waals surface area contributed by atoms with Crippen LogP contribution >= 0.6 is 15.9 Å². The van der Waals surface area contributed by atoms with E-state index in [1.165, 1.54) is 20.3 Å². The zero-order chi connectivity index (χ0) is 19.3. The predicted octanol–water partition coefficient (Wildman–Crippen LogP) is 2.09. The molecule has 0 saturated carbocycles. The normalized spacial score (nSPS) is 15.0. The standard InChI is InChI=1S/C17H17BrN2O6/c1-4-5-26-15-11(18)6-10(8-13(15)24-2)7-12-16(22)20(17(23)19-12)9-14(21)25-3/h4,6-8H,1,5,9H2,2-3H3,(H,19,23). The number of ether oxygens (including phenoxy) is 3. The maximum atomic E-state index is 12.3. The zero-order valence-electron chi connectivity index (χ0n) is 14.2. The number of carbonyl (C=O) groups excluding carboxylic acids is 3. The van der Waals surface area contributed by atoms with Gasteiger partial charge in [0.25, 0.3) is 5.91 Å². The zero-order valence-corrected chi connectivity index (χ0v) is 15.8. The summed E-state index contributed by atoms with van der Waals surface area (Å²) in [4.78, 5) is 36.3. The first-order valence-electron chi connectivity index (χ1n) is 7.43. The third-order valence-corrected chi connectivity index (χ3v) is 3.97. The highest BCUT2D eigenvalue weighted by atomic mass is 79.9. The number of imide groups is 1. The van der Waals surface area contributed by atoms with Crippen molar-refractivity contribution < 1.29 is 28.6 Å². The van der Waals surface area contributed by atoms with E-state index in [-0.39, 0.29) is 5.70 Å². The molecule has 138 valence electrons. The third kappa shape index (κ3) is 4.23. The number of hydrogen-bond acceptors (Lipinski definition) is 6. The molecular formula is C17H17BrN2O6. The highest BCUT2D eigenvalue weighted by molar-refractivity contribution is 9.10. The summed E-state index contributed by atoms with van der Waals surface area (Å²) in [5.74, 6) is -0.384. The Balaban J connectivity index is 2.30. The van der Waals surface area contributed by atoms with Crippen molar-refractivity contribution in [1.29, 1.82) is 0 Å². The lowest BCUT2D eigenvalue weighted by Crippen LogP contribution is -2.36. The van der Waals surface area contributed by atoms with Gasteiger partial charge in [-0.25, -0.2) is 9.69 Å². The van der Waals surface area contributed by atoms with Gasteiger partial charge < -0.3 is 19.5 Å². The van der Waals surface area contributed by atoms with Gasteiger partial charge in [-0.1, -0.05) is 12.7 Å². The molecule has 9 heteroatoms. The molecule has 1 aromatic rings. The number of methoxy groups -OCH3 is 2. The van der Waals surface area contributed by atoms with Crippen LogP contribution in [0.5, 0.6) is 11.5 Å². The van der Waals surface area contributed by atoms with Crippen molar-refractivity contribution in [2.24, 2.45) is 0 Å². The molecule has 0 aromatic heterocycles. The third-order valence-electron chi connectivity index (χ3n) is 3.39. The Labute approximate surface area is 158 Å². The van der Waals surface area contributed by atoms with Crippen molar-refractivity contribution in [2.75, 3.05) is 27.4 Å². The molecule has 1 aliphatic rings. The second kappa shape index (κ2) is 8.52. The molecule has 0 unspecified atom stereocenters. The van der Waals surface area contributed by atoms with Crippen LogP contribution in [0.15, 0.2) is 35.0 Å². The lowest BCUT2D eigenvalue weighted by molar-refractivity contribution is -0.143. The molecular weight excluding hydrogens is 408 g/mol. The van der Waals surface area contributed by atoms with Crippen LogP contribution in [-0.2, 0) is 14.3 Å². The van der Waals surface area contributed by atoms with Crippen molar-refractivity contribution >= 4 is 39.9 Å². The molecule has 0 radical (unpaired) electrons. The fourth-order valence-corrected chi connectivity index (χ4v) is 2.76. The van der Waals surface area contributed by atoms with Gasteiger partial charge in [0.15, 0.2) is 11.5 Å². The smallest absolute Gasteiger partial charge is 0.329 e. The lowest BCUT2D eigenvalue weighted by Gasteiger charge is -2.12. The van der Waals surface area contributed by atoms with Gasteiger partial charge in [0.2, 0.25) is 0 Å². The van der Waals surface area contributed by atoms with E-state index in [9.17, 15) is 14.4 Å². The van der Waals surface area contributed by atoms with E-state index < -0.39 is 24.5 Å². The Morgan fingerprint density at radius 3 is 2.69 bits per heavy atom. The molecule has 0 atom stereocenters. The number of carbonyl (C=O) groups is 3. The Kier molecular flexibility index (Phi) is 6.40. The molecule has 1 heterocycles. The van der Waals surface area contributed by atoms with Crippen LogP contribution < -0.4 is 14.8 Å². The summed E-state index contributed by atoms with van der Waals surface area (Å²) in [5.41, 5.74) is 0.621. The van der Waals surface area contributed by atoms with Crippen molar-refractivity contribution in [3.05, 3.63) is 40.5 Å². The van der Waals surface area contributed by atoms with Gasteiger partial charge in [-0.15, -0.1) is 0 Å². The molecule has 1 saturated heterocycles. The highest BCUT2D eigenvalue weighted by Gasteiger charge is 2.35. The van der Waals surface area contributed by atoms with Gasteiger partial charge in [-0.3, -0.25) is 9.59 Å². The average molecular weight is 425 g/mol. The fourth-order valence-electron chi connectivity index (χ4n) is 2.18.